The Morgan fingerprint density at radius 1 is 1.39 bits per heavy atom. The molecule has 8 heteroatoms. The van der Waals surface area contributed by atoms with Crippen molar-refractivity contribution >= 4 is 27.4 Å². The molecule has 0 aliphatic rings. The molecule has 2 rings (SSSR count). The van der Waals surface area contributed by atoms with Crippen molar-refractivity contribution < 1.29 is 8.42 Å². The molecule has 0 saturated heterocycles. The first-order chi connectivity index (χ1) is 8.51. The van der Waals surface area contributed by atoms with Crippen LogP contribution in [0.2, 0.25) is 5.02 Å². The van der Waals surface area contributed by atoms with Crippen molar-refractivity contribution in [2.75, 3.05) is 4.72 Å². The zero-order chi connectivity index (χ0) is 13.2. The molecule has 0 fully saturated rings. The third kappa shape index (κ3) is 2.80. The molecule has 0 saturated carbocycles. The van der Waals surface area contributed by atoms with Crippen molar-refractivity contribution in [3.8, 4) is 0 Å². The molecule has 0 aromatic carbocycles. The highest BCUT2D eigenvalue weighted by molar-refractivity contribution is 7.92. The molecule has 2 aromatic heterocycles. The number of pyridine rings is 1. The molecular weight excluding hydrogens is 276 g/mol. The van der Waals surface area contributed by atoms with Gasteiger partial charge in [0.25, 0.3) is 10.0 Å². The highest BCUT2D eigenvalue weighted by atomic mass is 35.5. The van der Waals surface area contributed by atoms with Gasteiger partial charge in [-0.05, 0) is 19.1 Å². The molecule has 0 aliphatic heterocycles. The molecule has 2 heterocycles. The molecule has 0 amide bonds. The van der Waals surface area contributed by atoms with Gasteiger partial charge < -0.3 is 0 Å². The van der Waals surface area contributed by atoms with Crippen LogP contribution in [0.15, 0.2) is 35.6 Å². The summed E-state index contributed by atoms with van der Waals surface area (Å²) in [6.45, 7) is 2.48. The number of aryl methyl sites for hydroxylation is 1. The number of hydrogen-bond donors (Lipinski definition) is 1. The van der Waals surface area contributed by atoms with Gasteiger partial charge in [0.1, 0.15) is 10.7 Å². The van der Waals surface area contributed by atoms with E-state index in [9.17, 15) is 8.42 Å². The van der Waals surface area contributed by atoms with Crippen LogP contribution in [0, 0.1) is 0 Å². The number of sulfonamides is 1. The van der Waals surface area contributed by atoms with Gasteiger partial charge in [-0.15, -0.1) is 0 Å². The van der Waals surface area contributed by atoms with Gasteiger partial charge in [-0.3, -0.25) is 9.40 Å². The minimum atomic E-state index is -3.65. The van der Waals surface area contributed by atoms with Crippen LogP contribution in [0.5, 0.6) is 0 Å². The smallest absolute Gasteiger partial charge is 0.266 e. The molecule has 0 radical (unpaired) electrons. The summed E-state index contributed by atoms with van der Waals surface area (Å²) in [6.07, 6.45) is 4.12. The molecule has 96 valence electrons. The summed E-state index contributed by atoms with van der Waals surface area (Å²) in [4.78, 5) is 3.96. The number of nitrogens with zero attached hydrogens (tertiary/aromatic N) is 3. The molecule has 0 spiro atoms. The van der Waals surface area contributed by atoms with Crippen LogP contribution in [-0.4, -0.2) is 23.2 Å². The van der Waals surface area contributed by atoms with Crippen molar-refractivity contribution in [3.63, 3.8) is 0 Å². The van der Waals surface area contributed by atoms with Crippen molar-refractivity contribution in [3.05, 3.63) is 35.7 Å². The topological polar surface area (TPSA) is 76.9 Å². The SMILES string of the molecule is CCn1cc(S(=O)(=O)Nc2ccc(Cl)cn2)cn1. The first-order valence-corrected chi connectivity index (χ1v) is 7.04. The van der Waals surface area contributed by atoms with Gasteiger partial charge in [0.2, 0.25) is 0 Å². The maximum Gasteiger partial charge on any atom is 0.266 e. The Morgan fingerprint density at radius 3 is 2.72 bits per heavy atom. The first-order valence-electron chi connectivity index (χ1n) is 5.18. The molecule has 6 nitrogen and oxygen atoms in total. The van der Waals surface area contributed by atoms with Crippen LogP contribution in [0.25, 0.3) is 0 Å². The van der Waals surface area contributed by atoms with Gasteiger partial charge in [0.05, 0.1) is 11.2 Å². The average Bonchev–Trinajstić information content (AvgIpc) is 2.81. The summed E-state index contributed by atoms with van der Waals surface area (Å²) in [6, 6.07) is 3.05. The van der Waals surface area contributed by atoms with E-state index in [2.05, 4.69) is 14.8 Å². The summed E-state index contributed by atoms with van der Waals surface area (Å²) in [5.74, 6) is 0.212. The summed E-state index contributed by atoms with van der Waals surface area (Å²) in [5, 5.41) is 4.35. The molecule has 0 unspecified atom stereocenters. The van der Waals surface area contributed by atoms with Crippen molar-refractivity contribution in [1.82, 2.24) is 14.8 Å². The fourth-order valence-electron chi connectivity index (χ4n) is 1.29. The number of anilines is 1. The Balaban J connectivity index is 2.24. The second-order valence-corrected chi connectivity index (χ2v) is 5.62. The number of rotatable bonds is 4. The molecule has 0 bridgehead atoms. The Bertz CT molecular complexity index is 636. The highest BCUT2D eigenvalue weighted by Gasteiger charge is 2.16. The van der Waals surface area contributed by atoms with Gasteiger partial charge >= 0.3 is 0 Å². The lowest BCUT2D eigenvalue weighted by molar-refractivity contribution is 0.600. The van der Waals surface area contributed by atoms with Gasteiger partial charge in [-0.25, -0.2) is 13.4 Å². The minimum Gasteiger partial charge on any atom is -0.272 e. The van der Waals surface area contributed by atoms with E-state index in [1.807, 2.05) is 6.92 Å². The predicted molar refractivity (Wildman–Crippen MR) is 68.0 cm³/mol. The Kier molecular flexibility index (Phi) is 3.53. The van der Waals surface area contributed by atoms with Crippen LogP contribution in [0.3, 0.4) is 0 Å². The third-order valence-electron chi connectivity index (χ3n) is 2.21. The molecular formula is C10H11ClN4O2S. The lowest BCUT2D eigenvalue weighted by Crippen LogP contribution is -2.13. The quantitative estimate of drug-likeness (QED) is 0.929. The molecule has 0 aliphatic carbocycles. The van der Waals surface area contributed by atoms with Crippen LogP contribution in [0.4, 0.5) is 5.82 Å². The molecule has 1 N–H and O–H groups in total. The summed E-state index contributed by atoms with van der Waals surface area (Å²) in [5.41, 5.74) is 0. The van der Waals surface area contributed by atoms with Gasteiger partial charge in [0.15, 0.2) is 0 Å². The number of halogens is 1. The van der Waals surface area contributed by atoms with E-state index in [-0.39, 0.29) is 10.7 Å². The van der Waals surface area contributed by atoms with E-state index in [0.717, 1.165) is 0 Å². The van der Waals surface area contributed by atoms with Crippen LogP contribution < -0.4 is 4.72 Å². The lowest BCUT2D eigenvalue weighted by Gasteiger charge is -2.04. The largest absolute Gasteiger partial charge is 0.272 e. The van der Waals surface area contributed by atoms with Crippen molar-refractivity contribution in [2.45, 2.75) is 18.4 Å². The highest BCUT2D eigenvalue weighted by Crippen LogP contribution is 2.15. The second kappa shape index (κ2) is 4.95. The van der Waals surface area contributed by atoms with E-state index in [0.29, 0.717) is 11.6 Å². The number of nitrogens with one attached hydrogen (secondary N) is 1. The van der Waals surface area contributed by atoms with Crippen LogP contribution in [-0.2, 0) is 16.6 Å². The third-order valence-corrected chi connectivity index (χ3v) is 3.74. The van der Waals surface area contributed by atoms with Crippen molar-refractivity contribution in [1.29, 1.82) is 0 Å². The molecule has 2 aromatic rings. The second-order valence-electron chi connectivity index (χ2n) is 3.50. The Morgan fingerprint density at radius 2 is 2.17 bits per heavy atom. The fourth-order valence-corrected chi connectivity index (χ4v) is 2.36. The maximum absolute atomic E-state index is 12.0. The maximum atomic E-state index is 12.0. The monoisotopic (exact) mass is 286 g/mol. The molecule has 0 atom stereocenters. The molecule has 18 heavy (non-hydrogen) atoms. The lowest BCUT2D eigenvalue weighted by atomic mass is 10.5. The standard InChI is InChI=1S/C10H11ClN4O2S/c1-2-15-7-9(6-13-15)18(16,17)14-10-4-3-8(11)5-12-10/h3-7H,2H2,1H3,(H,12,14). The zero-order valence-corrected chi connectivity index (χ0v) is 11.1. The normalized spacial score (nSPS) is 11.4. The van der Waals surface area contributed by atoms with Crippen LogP contribution in [0.1, 0.15) is 6.92 Å². The van der Waals surface area contributed by atoms with Crippen LogP contribution >= 0.6 is 11.6 Å². The fraction of sp³-hybridized carbons (Fsp3) is 0.200. The van der Waals surface area contributed by atoms with E-state index in [4.69, 9.17) is 11.6 Å². The van der Waals surface area contributed by atoms with E-state index in [1.54, 1.807) is 6.07 Å². The summed E-state index contributed by atoms with van der Waals surface area (Å²) < 4.78 is 27.8. The Labute approximate surface area is 110 Å². The van der Waals surface area contributed by atoms with E-state index in [1.165, 1.54) is 29.3 Å². The van der Waals surface area contributed by atoms with Crippen molar-refractivity contribution in [2.24, 2.45) is 0 Å². The number of aromatic nitrogens is 3. The summed E-state index contributed by atoms with van der Waals surface area (Å²) >= 11 is 5.67. The zero-order valence-electron chi connectivity index (χ0n) is 9.54. The minimum absolute atomic E-state index is 0.0982. The number of hydrogen-bond acceptors (Lipinski definition) is 4. The van der Waals surface area contributed by atoms with Gasteiger partial charge in [-0.2, -0.15) is 5.10 Å². The van der Waals surface area contributed by atoms with E-state index < -0.39 is 10.0 Å². The van der Waals surface area contributed by atoms with Gasteiger partial charge in [-0.1, -0.05) is 11.6 Å². The van der Waals surface area contributed by atoms with E-state index >= 15 is 0 Å². The Hall–Kier alpha value is -1.60. The summed E-state index contributed by atoms with van der Waals surface area (Å²) in [7, 11) is -3.65. The van der Waals surface area contributed by atoms with Gasteiger partial charge in [0, 0.05) is 18.9 Å². The first kappa shape index (κ1) is 12.8. The predicted octanol–water partition coefficient (Wildman–Crippen LogP) is 1.75. The average molecular weight is 287 g/mol.